The van der Waals surface area contributed by atoms with Crippen molar-refractivity contribution in [2.24, 2.45) is 17.6 Å². The molecule has 3 aliphatic rings. The first-order valence-corrected chi connectivity index (χ1v) is 11.6. The molecule has 0 aromatic carbocycles. The Bertz CT molecular complexity index is 1230. The van der Waals surface area contributed by atoms with Gasteiger partial charge in [-0.15, -0.1) is 0 Å². The molecule has 6 rings (SSSR count). The van der Waals surface area contributed by atoms with Crippen molar-refractivity contribution in [2.45, 2.75) is 37.5 Å². The highest BCUT2D eigenvalue weighted by molar-refractivity contribution is 6.34. The van der Waals surface area contributed by atoms with Crippen LogP contribution < -0.4 is 16.4 Å². The number of ether oxygens (including phenoxy) is 1. The number of anilines is 1. The number of fused-ring (bicyclic) bond motifs is 3. The van der Waals surface area contributed by atoms with Gasteiger partial charge in [0.2, 0.25) is 0 Å². The number of primary amides is 1. The number of aromatic amines is 1. The van der Waals surface area contributed by atoms with Gasteiger partial charge in [0.05, 0.1) is 40.8 Å². The molecule has 1 amide bonds. The molecule has 5 N–H and O–H groups in total. The molecule has 1 aliphatic heterocycles. The molecule has 4 atom stereocenters. The van der Waals surface area contributed by atoms with Crippen LogP contribution in [0.25, 0.3) is 22.6 Å². The molecule has 3 aromatic heterocycles. The van der Waals surface area contributed by atoms with E-state index in [4.69, 9.17) is 22.1 Å². The average molecular weight is 469 g/mol. The van der Waals surface area contributed by atoms with Crippen LogP contribution in [-0.2, 0) is 4.74 Å². The van der Waals surface area contributed by atoms with Gasteiger partial charge in [0.15, 0.2) is 5.65 Å². The summed E-state index contributed by atoms with van der Waals surface area (Å²) in [5.74, 6) is 1.05. The number of nitrogens with zero attached hydrogens (tertiary/aromatic N) is 4. The van der Waals surface area contributed by atoms with E-state index in [2.05, 4.69) is 42.8 Å². The van der Waals surface area contributed by atoms with Crippen LogP contribution in [0.2, 0.25) is 5.02 Å². The van der Waals surface area contributed by atoms with E-state index in [0.29, 0.717) is 33.7 Å². The van der Waals surface area contributed by atoms with Gasteiger partial charge in [0.25, 0.3) is 0 Å². The number of rotatable bonds is 5. The topological polar surface area (TPSA) is 136 Å². The van der Waals surface area contributed by atoms with Crippen LogP contribution in [-0.4, -0.2) is 56.1 Å². The number of imidazole rings is 1. The highest BCUT2D eigenvalue weighted by atomic mass is 35.5. The number of nitrogens with one attached hydrogen (secondary N) is 3. The molecule has 0 radical (unpaired) electrons. The lowest BCUT2D eigenvalue weighted by atomic mass is 9.98. The first-order chi connectivity index (χ1) is 16.1. The Hall–Kier alpha value is -3.11. The molecule has 10 nitrogen and oxygen atoms in total. The van der Waals surface area contributed by atoms with Gasteiger partial charge in [-0.3, -0.25) is 4.68 Å². The van der Waals surface area contributed by atoms with E-state index in [9.17, 15) is 4.79 Å². The fourth-order valence-corrected chi connectivity index (χ4v) is 5.57. The van der Waals surface area contributed by atoms with Crippen molar-refractivity contribution in [1.82, 2.24) is 30.0 Å². The molecule has 4 heterocycles. The summed E-state index contributed by atoms with van der Waals surface area (Å²) >= 11 is 6.55. The average Bonchev–Trinajstić information content (AvgIpc) is 3.60. The number of piperidine rings is 1. The maximum absolute atomic E-state index is 11.5. The fraction of sp³-hybridized carbons (Fsp3) is 0.455. The third kappa shape index (κ3) is 3.63. The molecule has 33 heavy (non-hydrogen) atoms. The molecule has 2 aliphatic carbocycles. The fourth-order valence-electron chi connectivity index (χ4n) is 5.37. The predicted molar refractivity (Wildman–Crippen MR) is 124 cm³/mol. The molecule has 0 spiro atoms. The number of aromatic nitrogens is 5. The number of amides is 1. The third-order valence-corrected chi connectivity index (χ3v) is 7.27. The number of carbonyl (C=O) groups excluding carboxylic acids is 1. The van der Waals surface area contributed by atoms with Crippen LogP contribution in [0.4, 0.5) is 10.5 Å². The summed E-state index contributed by atoms with van der Waals surface area (Å²) in [5.41, 5.74) is 8.17. The van der Waals surface area contributed by atoms with Crippen LogP contribution in [0.1, 0.15) is 25.3 Å². The minimum Gasteiger partial charge on any atom is -0.444 e. The lowest BCUT2D eigenvalue weighted by Gasteiger charge is -2.29. The lowest BCUT2D eigenvalue weighted by Crippen LogP contribution is -2.41. The standard InChI is InChI=1S/C22H25ClN8O2/c23-15-9-26-21-18(17(15)28-16-11-1-2-12(7-11)19(16)33-22(24)32)29-20(30-21)13-8-27-31(10-13)14-3-5-25-6-4-14/h1-2,8-12,14,16,19,25H,3-7H2,(H2,24,32)(H2,26,28,29,30)/t11-,12+,16+,19-/m0/s1. The molecule has 2 fully saturated rings. The lowest BCUT2D eigenvalue weighted by molar-refractivity contribution is 0.0854. The summed E-state index contributed by atoms with van der Waals surface area (Å²) in [4.78, 5) is 23.9. The third-order valence-electron chi connectivity index (χ3n) is 6.98. The van der Waals surface area contributed by atoms with E-state index in [-0.39, 0.29) is 24.0 Å². The summed E-state index contributed by atoms with van der Waals surface area (Å²) < 4.78 is 7.47. The van der Waals surface area contributed by atoms with E-state index in [1.807, 2.05) is 17.1 Å². The molecular formula is C22H25ClN8O2. The Morgan fingerprint density at radius 1 is 1.24 bits per heavy atom. The van der Waals surface area contributed by atoms with Crippen LogP contribution >= 0.6 is 11.6 Å². The molecule has 172 valence electrons. The van der Waals surface area contributed by atoms with Crippen molar-refractivity contribution in [2.75, 3.05) is 18.4 Å². The minimum atomic E-state index is -0.770. The number of carbonyl (C=O) groups is 1. The van der Waals surface area contributed by atoms with Gasteiger partial charge in [-0.25, -0.2) is 14.8 Å². The van der Waals surface area contributed by atoms with Crippen LogP contribution in [0.5, 0.6) is 0 Å². The highest BCUT2D eigenvalue weighted by Crippen LogP contribution is 2.44. The Balaban J connectivity index is 1.31. The van der Waals surface area contributed by atoms with Gasteiger partial charge in [-0.2, -0.15) is 5.10 Å². The van der Waals surface area contributed by atoms with Crippen molar-refractivity contribution < 1.29 is 9.53 Å². The largest absolute Gasteiger partial charge is 0.444 e. The van der Waals surface area contributed by atoms with Gasteiger partial charge in [-0.1, -0.05) is 23.8 Å². The molecule has 0 unspecified atom stereocenters. The van der Waals surface area contributed by atoms with E-state index < -0.39 is 6.09 Å². The van der Waals surface area contributed by atoms with Crippen molar-refractivity contribution >= 4 is 34.5 Å². The van der Waals surface area contributed by atoms with Crippen molar-refractivity contribution in [3.63, 3.8) is 0 Å². The SMILES string of the molecule is NC(=O)O[C@@H]1[C@H](Nc2c(Cl)cnc3nc(-c4cnn(C5CCNCC5)c4)[nH]c23)[C@H]2C=C[C@@H]1C2. The normalized spacial score (nSPS) is 26.8. The maximum Gasteiger partial charge on any atom is 0.404 e. The van der Waals surface area contributed by atoms with E-state index in [0.717, 1.165) is 37.9 Å². The second-order valence-electron chi connectivity index (χ2n) is 8.98. The molecular weight excluding hydrogens is 444 g/mol. The van der Waals surface area contributed by atoms with Crippen molar-refractivity contribution in [1.29, 1.82) is 0 Å². The zero-order chi connectivity index (χ0) is 22.5. The number of halogens is 1. The van der Waals surface area contributed by atoms with Gasteiger partial charge < -0.3 is 26.1 Å². The number of nitrogens with two attached hydrogens (primary N) is 1. The van der Waals surface area contributed by atoms with Crippen LogP contribution in [0.15, 0.2) is 30.7 Å². The van der Waals surface area contributed by atoms with Crippen molar-refractivity contribution in [3.8, 4) is 11.4 Å². The highest BCUT2D eigenvalue weighted by Gasteiger charge is 2.47. The van der Waals surface area contributed by atoms with Crippen LogP contribution in [0, 0.1) is 11.8 Å². The maximum atomic E-state index is 11.5. The summed E-state index contributed by atoms with van der Waals surface area (Å²) in [7, 11) is 0. The minimum absolute atomic E-state index is 0.134. The van der Waals surface area contributed by atoms with Gasteiger partial charge >= 0.3 is 6.09 Å². The predicted octanol–water partition coefficient (Wildman–Crippen LogP) is 2.85. The number of hydrogen-bond donors (Lipinski definition) is 4. The molecule has 3 aromatic rings. The molecule has 1 saturated carbocycles. The Kier molecular flexibility index (Phi) is 4.99. The van der Waals surface area contributed by atoms with E-state index in [1.165, 1.54) is 0 Å². The number of hydrogen-bond acceptors (Lipinski definition) is 7. The van der Waals surface area contributed by atoms with Gasteiger partial charge in [0.1, 0.15) is 17.4 Å². The Morgan fingerprint density at radius 3 is 2.88 bits per heavy atom. The number of pyridine rings is 1. The summed E-state index contributed by atoms with van der Waals surface area (Å²) in [5, 5.41) is 11.9. The van der Waals surface area contributed by atoms with Gasteiger partial charge in [-0.05, 0) is 32.4 Å². The molecule has 1 saturated heterocycles. The first-order valence-electron chi connectivity index (χ1n) is 11.3. The second kappa shape index (κ2) is 8.03. The first kappa shape index (κ1) is 20.5. The molecule has 2 bridgehead atoms. The van der Waals surface area contributed by atoms with Crippen molar-refractivity contribution in [3.05, 3.63) is 35.8 Å². The summed E-state index contributed by atoms with van der Waals surface area (Å²) in [6, 6.07) is 0.257. The molecule has 11 heteroatoms. The van der Waals surface area contributed by atoms with Crippen LogP contribution in [0.3, 0.4) is 0 Å². The van der Waals surface area contributed by atoms with Gasteiger partial charge in [0, 0.05) is 18.0 Å². The summed E-state index contributed by atoms with van der Waals surface area (Å²) in [6.07, 6.45) is 11.6. The Morgan fingerprint density at radius 2 is 2.06 bits per heavy atom. The number of H-pyrrole nitrogens is 1. The van der Waals surface area contributed by atoms with E-state index in [1.54, 1.807) is 6.20 Å². The zero-order valence-corrected chi connectivity index (χ0v) is 18.6. The second-order valence-corrected chi connectivity index (χ2v) is 9.38. The zero-order valence-electron chi connectivity index (χ0n) is 17.9. The smallest absolute Gasteiger partial charge is 0.404 e. The summed E-state index contributed by atoms with van der Waals surface area (Å²) in [6.45, 7) is 2.00. The Labute approximate surface area is 194 Å². The van der Waals surface area contributed by atoms with E-state index >= 15 is 0 Å². The monoisotopic (exact) mass is 468 g/mol. The quantitative estimate of drug-likeness (QED) is 0.422.